The van der Waals surface area contributed by atoms with Gasteiger partial charge in [-0.1, -0.05) is 43.3 Å². The Bertz CT molecular complexity index is 416. The average molecular weight is 284 g/mol. The number of thioether (sulfide) groups is 1. The minimum atomic E-state index is 0.0101. The SMILES string of the molecule is C=CC(SC(=O)N(C)c1ccc(Cl)cc1)C(C)C. The largest absolute Gasteiger partial charge is 0.306 e. The van der Waals surface area contributed by atoms with Crippen LogP contribution in [0.1, 0.15) is 13.8 Å². The lowest BCUT2D eigenvalue weighted by molar-refractivity contribution is 0.266. The number of benzene rings is 1. The van der Waals surface area contributed by atoms with Crippen molar-refractivity contribution in [3.8, 4) is 0 Å². The molecule has 1 unspecified atom stereocenters. The van der Waals surface area contributed by atoms with Crippen LogP contribution < -0.4 is 4.90 Å². The second-order valence-corrected chi connectivity index (χ2v) is 5.93. The van der Waals surface area contributed by atoms with Gasteiger partial charge in [0.05, 0.1) is 0 Å². The molecule has 0 aliphatic carbocycles. The van der Waals surface area contributed by atoms with Crippen LogP contribution >= 0.6 is 23.4 Å². The van der Waals surface area contributed by atoms with Crippen molar-refractivity contribution in [2.75, 3.05) is 11.9 Å². The maximum atomic E-state index is 12.1. The molecule has 0 saturated heterocycles. The Balaban J connectivity index is 2.72. The molecule has 0 fully saturated rings. The molecule has 1 amide bonds. The summed E-state index contributed by atoms with van der Waals surface area (Å²) in [4.78, 5) is 13.7. The van der Waals surface area contributed by atoms with E-state index in [0.717, 1.165) is 5.69 Å². The summed E-state index contributed by atoms with van der Waals surface area (Å²) in [6.07, 6.45) is 1.82. The lowest BCUT2D eigenvalue weighted by atomic mass is 10.1. The van der Waals surface area contributed by atoms with Gasteiger partial charge in [-0.15, -0.1) is 6.58 Å². The fourth-order valence-electron chi connectivity index (χ4n) is 1.42. The van der Waals surface area contributed by atoms with Crippen molar-refractivity contribution < 1.29 is 4.79 Å². The summed E-state index contributed by atoms with van der Waals surface area (Å²) in [5, 5.41) is 0.807. The van der Waals surface area contributed by atoms with Gasteiger partial charge in [-0.3, -0.25) is 4.79 Å². The number of hydrogen-bond donors (Lipinski definition) is 0. The molecule has 0 spiro atoms. The Kier molecular flexibility index (Phi) is 5.76. The van der Waals surface area contributed by atoms with Crippen molar-refractivity contribution in [2.24, 2.45) is 5.92 Å². The first-order valence-electron chi connectivity index (χ1n) is 5.78. The minimum absolute atomic E-state index is 0.0101. The monoisotopic (exact) mass is 283 g/mol. The normalized spacial score (nSPS) is 12.3. The second-order valence-electron chi connectivity index (χ2n) is 4.36. The number of rotatable bonds is 4. The van der Waals surface area contributed by atoms with Gasteiger partial charge in [0.2, 0.25) is 0 Å². The molecule has 98 valence electrons. The molecule has 0 radical (unpaired) electrons. The minimum Gasteiger partial charge on any atom is -0.306 e. The van der Waals surface area contributed by atoms with E-state index in [-0.39, 0.29) is 10.5 Å². The summed E-state index contributed by atoms with van der Waals surface area (Å²) >= 11 is 7.12. The van der Waals surface area contributed by atoms with Gasteiger partial charge in [0.1, 0.15) is 0 Å². The molecule has 0 aromatic heterocycles. The van der Waals surface area contributed by atoms with Crippen molar-refractivity contribution in [1.29, 1.82) is 0 Å². The third kappa shape index (κ3) is 4.07. The van der Waals surface area contributed by atoms with Crippen molar-refractivity contribution >= 4 is 34.3 Å². The number of carbonyl (C=O) groups excluding carboxylic acids is 1. The Morgan fingerprint density at radius 1 is 1.39 bits per heavy atom. The molecular weight excluding hydrogens is 266 g/mol. The van der Waals surface area contributed by atoms with Crippen LogP contribution in [0.15, 0.2) is 36.9 Å². The summed E-state index contributed by atoms with van der Waals surface area (Å²) in [7, 11) is 1.76. The molecule has 1 aromatic carbocycles. The van der Waals surface area contributed by atoms with E-state index < -0.39 is 0 Å². The zero-order valence-corrected chi connectivity index (χ0v) is 12.5. The molecule has 0 N–H and O–H groups in total. The van der Waals surface area contributed by atoms with E-state index in [2.05, 4.69) is 20.4 Å². The summed E-state index contributed by atoms with van der Waals surface area (Å²) in [5.74, 6) is 0.384. The molecule has 0 aliphatic heterocycles. The van der Waals surface area contributed by atoms with Crippen LogP contribution in [-0.4, -0.2) is 17.5 Å². The highest BCUT2D eigenvalue weighted by Crippen LogP contribution is 2.26. The van der Waals surface area contributed by atoms with Crippen molar-refractivity contribution in [2.45, 2.75) is 19.1 Å². The smallest absolute Gasteiger partial charge is 0.286 e. The van der Waals surface area contributed by atoms with E-state index in [1.807, 2.05) is 18.2 Å². The molecule has 4 heteroatoms. The molecule has 18 heavy (non-hydrogen) atoms. The highest BCUT2D eigenvalue weighted by atomic mass is 35.5. The molecule has 0 aliphatic rings. The van der Waals surface area contributed by atoms with E-state index in [0.29, 0.717) is 10.9 Å². The van der Waals surface area contributed by atoms with Gasteiger partial charge < -0.3 is 4.90 Å². The highest BCUT2D eigenvalue weighted by Gasteiger charge is 2.18. The summed E-state index contributed by atoms with van der Waals surface area (Å²) in [6.45, 7) is 7.93. The molecule has 2 nitrogen and oxygen atoms in total. The zero-order valence-electron chi connectivity index (χ0n) is 10.9. The summed E-state index contributed by atoms with van der Waals surface area (Å²) in [5.41, 5.74) is 0.837. The lowest BCUT2D eigenvalue weighted by Gasteiger charge is -2.21. The van der Waals surface area contributed by atoms with E-state index in [9.17, 15) is 4.79 Å². The maximum absolute atomic E-state index is 12.1. The van der Waals surface area contributed by atoms with Gasteiger partial charge in [0.25, 0.3) is 5.24 Å². The number of nitrogens with zero attached hydrogens (tertiary/aromatic N) is 1. The molecule has 0 bridgehead atoms. The van der Waals surface area contributed by atoms with Gasteiger partial charge in [-0.2, -0.15) is 0 Å². The molecule has 1 rings (SSSR count). The fourth-order valence-corrected chi connectivity index (χ4v) is 2.41. The first-order chi connectivity index (χ1) is 8.45. The van der Waals surface area contributed by atoms with Gasteiger partial charge >= 0.3 is 0 Å². The van der Waals surface area contributed by atoms with Gasteiger partial charge in [0.15, 0.2) is 0 Å². The van der Waals surface area contributed by atoms with Crippen LogP contribution in [-0.2, 0) is 0 Å². The Hall–Kier alpha value is -0.930. The predicted octanol–water partition coefficient (Wildman–Crippen LogP) is 4.84. The third-order valence-corrected chi connectivity index (χ3v) is 4.35. The van der Waals surface area contributed by atoms with E-state index in [1.54, 1.807) is 24.1 Å². The first kappa shape index (κ1) is 15.1. The number of halogens is 1. The average Bonchev–Trinajstić information content (AvgIpc) is 2.35. The zero-order chi connectivity index (χ0) is 13.7. The summed E-state index contributed by atoms with van der Waals surface area (Å²) < 4.78 is 0. The molecule has 1 atom stereocenters. The standard InChI is InChI=1S/C14H18ClNOS/c1-5-13(10(2)3)18-14(17)16(4)12-8-6-11(15)7-9-12/h5-10,13H,1H2,2-4H3. The second kappa shape index (κ2) is 6.86. The van der Waals surface area contributed by atoms with Crippen LogP contribution in [0.25, 0.3) is 0 Å². The first-order valence-corrected chi connectivity index (χ1v) is 7.04. The van der Waals surface area contributed by atoms with Crippen LogP contribution in [0.2, 0.25) is 5.02 Å². The molecule has 1 aromatic rings. The number of hydrogen-bond acceptors (Lipinski definition) is 2. The summed E-state index contributed by atoms with van der Waals surface area (Å²) in [6, 6.07) is 7.22. The van der Waals surface area contributed by atoms with E-state index >= 15 is 0 Å². The molecular formula is C14H18ClNOS. The van der Waals surface area contributed by atoms with Gasteiger partial charge in [-0.05, 0) is 30.2 Å². The van der Waals surface area contributed by atoms with E-state index in [4.69, 9.17) is 11.6 Å². The Morgan fingerprint density at radius 3 is 2.39 bits per heavy atom. The quantitative estimate of drug-likeness (QED) is 0.737. The fraction of sp³-hybridized carbons (Fsp3) is 0.357. The third-order valence-electron chi connectivity index (χ3n) is 2.61. The van der Waals surface area contributed by atoms with Crippen molar-refractivity contribution in [3.05, 3.63) is 41.9 Å². The van der Waals surface area contributed by atoms with Gasteiger partial charge in [-0.25, -0.2) is 0 Å². The Morgan fingerprint density at radius 2 is 1.94 bits per heavy atom. The van der Waals surface area contributed by atoms with Crippen LogP contribution in [0.4, 0.5) is 10.5 Å². The van der Waals surface area contributed by atoms with Crippen molar-refractivity contribution in [3.63, 3.8) is 0 Å². The number of carbonyl (C=O) groups is 1. The van der Waals surface area contributed by atoms with E-state index in [1.165, 1.54) is 11.8 Å². The highest BCUT2D eigenvalue weighted by molar-refractivity contribution is 8.14. The van der Waals surface area contributed by atoms with Gasteiger partial charge in [0, 0.05) is 23.0 Å². The molecule has 0 saturated carbocycles. The number of anilines is 1. The maximum Gasteiger partial charge on any atom is 0.286 e. The Labute approximate surface area is 118 Å². The van der Waals surface area contributed by atoms with Crippen LogP contribution in [0.5, 0.6) is 0 Å². The predicted molar refractivity (Wildman–Crippen MR) is 81.7 cm³/mol. The van der Waals surface area contributed by atoms with Crippen LogP contribution in [0.3, 0.4) is 0 Å². The van der Waals surface area contributed by atoms with Crippen molar-refractivity contribution in [1.82, 2.24) is 0 Å². The lowest BCUT2D eigenvalue weighted by Crippen LogP contribution is -2.25. The number of amides is 1. The topological polar surface area (TPSA) is 20.3 Å². The van der Waals surface area contributed by atoms with Crippen LogP contribution in [0, 0.1) is 5.92 Å². The molecule has 0 heterocycles.